The molecular formula is C10H11F3N2O. The highest BCUT2D eigenvalue weighted by Crippen LogP contribution is 2.19. The zero-order valence-electron chi connectivity index (χ0n) is 8.88. The van der Waals surface area contributed by atoms with Crippen molar-refractivity contribution in [2.75, 3.05) is 18.5 Å². The van der Waals surface area contributed by atoms with Crippen molar-refractivity contribution in [3.05, 3.63) is 23.9 Å². The van der Waals surface area contributed by atoms with Crippen molar-refractivity contribution in [1.29, 1.82) is 0 Å². The van der Waals surface area contributed by atoms with E-state index in [1.54, 1.807) is 0 Å². The molecule has 1 rings (SSSR count). The second-order valence-corrected chi connectivity index (χ2v) is 3.43. The van der Waals surface area contributed by atoms with Crippen LogP contribution in [0.2, 0.25) is 0 Å². The van der Waals surface area contributed by atoms with Crippen LogP contribution in [-0.2, 0) is 0 Å². The number of alkyl halides is 3. The van der Waals surface area contributed by atoms with Gasteiger partial charge in [0.25, 0.3) is 0 Å². The maximum absolute atomic E-state index is 12.1. The summed E-state index contributed by atoms with van der Waals surface area (Å²) in [6.45, 7) is 0.254. The van der Waals surface area contributed by atoms with E-state index in [1.807, 2.05) is 0 Å². The van der Waals surface area contributed by atoms with E-state index in [-0.39, 0.29) is 11.6 Å². The highest BCUT2D eigenvalue weighted by atomic mass is 19.4. The first-order valence-electron chi connectivity index (χ1n) is 4.54. The normalized spacial score (nSPS) is 11.3. The average Bonchev–Trinajstić information content (AvgIpc) is 2.15. The first-order valence-corrected chi connectivity index (χ1v) is 4.54. The Morgan fingerprint density at radius 2 is 2.12 bits per heavy atom. The summed E-state index contributed by atoms with van der Waals surface area (Å²) in [5.41, 5.74) is 0.346. The van der Waals surface area contributed by atoms with Crippen molar-refractivity contribution in [1.82, 2.24) is 4.98 Å². The van der Waals surface area contributed by atoms with E-state index in [4.69, 9.17) is 0 Å². The van der Waals surface area contributed by atoms with Crippen LogP contribution in [-0.4, -0.2) is 30.5 Å². The van der Waals surface area contributed by atoms with Gasteiger partial charge in [-0.15, -0.1) is 0 Å². The fourth-order valence-electron chi connectivity index (χ4n) is 1.20. The van der Waals surface area contributed by atoms with Gasteiger partial charge in [-0.2, -0.15) is 13.2 Å². The third-order valence-corrected chi connectivity index (χ3v) is 1.96. The number of hydrogen-bond acceptors (Lipinski definition) is 3. The molecule has 0 radical (unpaired) electrons. The van der Waals surface area contributed by atoms with Gasteiger partial charge in [-0.3, -0.25) is 4.79 Å². The van der Waals surface area contributed by atoms with E-state index in [1.165, 1.54) is 32.3 Å². The quantitative estimate of drug-likeness (QED) is 0.749. The Balaban J connectivity index is 2.87. The summed E-state index contributed by atoms with van der Waals surface area (Å²) in [6, 6.07) is 2.81. The Hall–Kier alpha value is -1.59. The van der Waals surface area contributed by atoms with E-state index in [0.29, 0.717) is 5.56 Å². The zero-order chi connectivity index (χ0) is 12.3. The number of Topliss-reactive ketones (excluding diaryl/α,β-unsaturated/α-hetero) is 1. The number of halogens is 3. The molecule has 1 aromatic rings. The highest BCUT2D eigenvalue weighted by molar-refractivity contribution is 5.94. The number of pyridine rings is 1. The van der Waals surface area contributed by atoms with Gasteiger partial charge in [0.15, 0.2) is 5.78 Å². The number of rotatable bonds is 3. The Kier molecular flexibility index (Phi) is 3.51. The molecule has 1 heterocycles. The summed E-state index contributed by atoms with van der Waals surface area (Å²) in [7, 11) is 1.28. The Morgan fingerprint density at radius 3 is 2.62 bits per heavy atom. The third-order valence-electron chi connectivity index (χ3n) is 1.96. The van der Waals surface area contributed by atoms with Crippen molar-refractivity contribution in [2.45, 2.75) is 13.1 Å². The lowest BCUT2D eigenvalue weighted by Gasteiger charge is -2.19. The topological polar surface area (TPSA) is 33.2 Å². The molecule has 0 aliphatic carbocycles. The smallest absolute Gasteiger partial charge is 0.351 e. The molecule has 0 aliphatic rings. The van der Waals surface area contributed by atoms with Crippen molar-refractivity contribution in [3.63, 3.8) is 0 Å². The monoisotopic (exact) mass is 232 g/mol. The van der Waals surface area contributed by atoms with Crippen molar-refractivity contribution in [2.24, 2.45) is 0 Å². The lowest BCUT2D eigenvalue weighted by molar-refractivity contribution is -0.119. The van der Waals surface area contributed by atoms with Crippen LogP contribution in [0.4, 0.5) is 19.0 Å². The summed E-state index contributed by atoms with van der Waals surface area (Å²) in [4.78, 5) is 15.8. The summed E-state index contributed by atoms with van der Waals surface area (Å²) < 4.78 is 36.3. The van der Waals surface area contributed by atoms with Gasteiger partial charge < -0.3 is 4.90 Å². The fraction of sp³-hybridized carbons (Fsp3) is 0.400. The molecule has 1 aromatic heterocycles. The number of aromatic nitrogens is 1. The molecule has 3 nitrogen and oxygen atoms in total. The second kappa shape index (κ2) is 4.51. The third kappa shape index (κ3) is 3.52. The molecular weight excluding hydrogens is 221 g/mol. The first-order chi connectivity index (χ1) is 7.29. The van der Waals surface area contributed by atoms with Gasteiger partial charge in [0.2, 0.25) is 0 Å². The molecule has 0 aliphatic heterocycles. The lowest BCUT2D eigenvalue weighted by Crippen LogP contribution is -2.31. The van der Waals surface area contributed by atoms with Crippen LogP contribution >= 0.6 is 0 Å². The van der Waals surface area contributed by atoms with Crippen LogP contribution in [0, 0.1) is 0 Å². The van der Waals surface area contributed by atoms with Gasteiger partial charge in [-0.05, 0) is 19.1 Å². The van der Waals surface area contributed by atoms with E-state index in [0.717, 1.165) is 4.90 Å². The maximum atomic E-state index is 12.1. The number of carbonyl (C=O) groups excluding carboxylic acids is 1. The van der Waals surface area contributed by atoms with Crippen molar-refractivity contribution < 1.29 is 18.0 Å². The maximum Gasteiger partial charge on any atom is 0.405 e. The summed E-state index contributed by atoms with van der Waals surface area (Å²) in [5, 5.41) is 0. The highest BCUT2D eigenvalue weighted by Gasteiger charge is 2.29. The number of hydrogen-bond donors (Lipinski definition) is 0. The predicted molar refractivity (Wildman–Crippen MR) is 53.6 cm³/mol. The van der Waals surface area contributed by atoms with Gasteiger partial charge in [0.1, 0.15) is 12.4 Å². The molecule has 0 spiro atoms. The van der Waals surface area contributed by atoms with E-state index >= 15 is 0 Å². The molecule has 0 saturated carbocycles. The van der Waals surface area contributed by atoms with E-state index in [9.17, 15) is 18.0 Å². The standard InChI is InChI=1S/C10H11F3N2O/c1-7(16)8-3-4-14-9(5-8)15(2)6-10(11,12)13/h3-5H,6H2,1-2H3. The molecule has 0 atom stereocenters. The van der Waals surface area contributed by atoms with Crippen LogP contribution in [0.5, 0.6) is 0 Å². The summed E-state index contributed by atoms with van der Waals surface area (Å²) in [6.07, 6.45) is -2.97. The molecule has 16 heavy (non-hydrogen) atoms. The van der Waals surface area contributed by atoms with E-state index in [2.05, 4.69) is 4.98 Å². The lowest BCUT2D eigenvalue weighted by atomic mass is 10.2. The number of ketones is 1. The molecule has 0 saturated heterocycles. The minimum Gasteiger partial charge on any atom is -0.351 e. The van der Waals surface area contributed by atoms with E-state index < -0.39 is 12.7 Å². The van der Waals surface area contributed by atoms with Crippen LogP contribution < -0.4 is 4.90 Å². The van der Waals surface area contributed by atoms with Gasteiger partial charge in [0.05, 0.1) is 0 Å². The van der Waals surface area contributed by atoms with Crippen LogP contribution in [0.15, 0.2) is 18.3 Å². The first kappa shape index (κ1) is 12.5. The SMILES string of the molecule is CC(=O)c1ccnc(N(C)CC(F)(F)F)c1. The Morgan fingerprint density at radius 1 is 1.50 bits per heavy atom. The molecule has 0 fully saturated rings. The molecule has 0 N–H and O–H groups in total. The van der Waals surface area contributed by atoms with Gasteiger partial charge >= 0.3 is 6.18 Å². The molecule has 6 heteroatoms. The molecule has 0 amide bonds. The summed E-state index contributed by atoms with van der Waals surface area (Å²) in [5.74, 6) is -0.0749. The fourth-order valence-corrected chi connectivity index (χ4v) is 1.20. The number of carbonyl (C=O) groups is 1. The number of anilines is 1. The predicted octanol–water partition coefficient (Wildman–Crippen LogP) is 2.28. The van der Waals surface area contributed by atoms with Crippen LogP contribution in [0.25, 0.3) is 0 Å². The average molecular weight is 232 g/mol. The molecule has 0 bridgehead atoms. The van der Waals surface area contributed by atoms with Gasteiger partial charge in [-0.25, -0.2) is 4.98 Å². The van der Waals surface area contributed by atoms with Crippen molar-refractivity contribution in [3.8, 4) is 0 Å². The van der Waals surface area contributed by atoms with Gasteiger partial charge in [-0.1, -0.05) is 0 Å². The largest absolute Gasteiger partial charge is 0.405 e. The molecule has 0 unspecified atom stereocenters. The van der Waals surface area contributed by atoms with Crippen molar-refractivity contribution >= 4 is 11.6 Å². The summed E-state index contributed by atoms with van der Waals surface area (Å²) >= 11 is 0. The van der Waals surface area contributed by atoms with Gasteiger partial charge in [0, 0.05) is 18.8 Å². The minimum atomic E-state index is -4.29. The minimum absolute atomic E-state index is 0.130. The Labute approximate surface area is 90.9 Å². The van der Waals surface area contributed by atoms with Crippen LogP contribution in [0.3, 0.4) is 0 Å². The second-order valence-electron chi connectivity index (χ2n) is 3.43. The zero-order valence-corrected chi connectivity index (χ0v) is 8.88. The van der Waals surface area contributed by atoms with Crippen LogP contribution in [0.1, 0.15) is 17.3 Å². The molecule has 0 aromatic carbocycles. The Bertz CT molecular complexity index is 390. The molecule has 88 valence electrons. The number of nitrogens with zero attached hydrogens (tertiary/aromatic N) is 2.